The minimum Gasteiger partial charge on any atom is -0.480 e. The van der Waals surface area contributed by atoms with E-state index in [-0.39, 0.29) is 5.82 Å². The van der Waals surface area contributed by atoms with Gasteiger partial charge in [-0.2, -0.15) is 0 Å². The van der Waals surface area contributed by atoms with Crippen molar-refractivity contribution in [3.8, 4) is 0 Å². The Morgan fingerprint density at radius 3 is 2.85 bits per heavy atom. The Kier molecular flexibility index (Phi) is 4.43. The van der Waals surface area contributed by atoms with Gasteiger partial charge in [-0.15, -0.1) is 0 Å². The monoisotopic (exact) mass is 279 g/mol. The van der Waals surface area contributed by atoms with Crippen LogP contribution in [0.4, 0.5) is 4.39 Å². The van der Waals surface area contributed by atoms with Gasteiger partial charge in [-0.1, -0.05) is 25.5 Å². The molecule has 1 aromatic carbocycles. The Bertz CT molecular complexity index is 503. The van der Waals surface area contributed by atoms with Crippen LogP contribution in [-0.2, 0) is 11.3 Å². The zero-order valence-electron chi connectivity index (χ0n) is 12.2. The maximum atomic E-state index is 13.3. The normalized spacial score (nSPS) is 23.1. The number of rotatable bonds is 5. The Morgan fingerprint density at radius 1 is 1.50 bits per heavy atom. The van der Waals surface area contributed by atoms with Crippen molar-refractivity contribution in [1.82, 2.24) is 4.90 Å². The molecule has 1 aromatic rings. The molecule has 0 bridgehead atoms. The number of aliphatic carboxylic acids is 1. The lowest BCUT2D eigenvalue weighted by atomic mass is 9.90. The second kappa shape index (κ2) is 5.92. The average molecular weight is 279 g/mol. The van der Waals surface area contributed by atoms with Crippen LogP contribution in [-0.4, -0.2) is 28.1 Å². The van der Waals surface area contributed by atoms with Crippen LogP contribution in [0.15, 0.2) is 18.2 Å². The molecule has 4 heteroatoms. The third-order valence-corrected chi connectivity index (χ3v) is 4.28. The summed E-state index contributed by atoms with van der Waals surface area (Å²) in [6, 6.07) is 5.02. The van der Waals surface area contributed by atoms with Gasteiger partial charge in [0.05, 0.1) is 0 Å². The molecule has 0 amide bonds. The summed E-state index contributed by atoms with van der Waals surface area (Å²) in [5.74, 6) is -0.941. The van der Waals surface area contributed by atoms with Crippen molar-refractivity contribution in [2.75, 3.05) is 6.54 Å². The van der Waals surface area contributed by atoms with E-state index in [4.69, 9.17) is 0 Å². The molecule has 0 aromatic heterocycles. The minimum absolute atomic E-state index is 0.215. The lowest BCUT2D eigenvalue weighted by Gasteiger charge is -2.34. The van der Waals surface area contributed by atoms with Crippen molar-refractivity contribution >= 4 is 5.97 Å². The van der Waals surface area contributed by atoms with E-state index in [0.29, 0.717) is 24.9 Å². The number of hydrogen-bond donors (Lipinski definition) is 1. The summed E-state index contributed by atoms with van der Waals surface area (Å²) in [5.41, 5.74) is 0.850. The van der Waals surface area contributed by atoms with Crippen LogP contribution in [0.1, 0.15) is 43.7 Å². The van der Waals surface area contributed by atoms with Gasteiger partial charge in [0.25, 0.3) is 0 Å². The van der Waals surface area contributed by atoms with Crippen molar-refractivity contribution in [3.63, 3.8) is 0 Å². The Morgan fingerprint density at radius 2 is 2.25 bits per heavy atom. The maximum absolute atomic E-state index is 13.3. The van der Waals surface area contributed by atoms with Crippen LogP contribution < -0.4 is 0 Å². The van der Waals surface area contributed by atoms with Crippen molar-refractivity contribution < 1.29 is 14.3 Å². The first-order valence-corrected chi connectivity index (χ1v) is 7.23. The first kappa shape index (κ1) is 15.0. The lowest BCUT2D eigenvalue weighted by Crippen LogP contribution is -2.49. The molecule has 1 aliphatic rings. The Labute approximate surface area is 119 Å². The lowest BCUT2D eigenvalue weighted by molar-refractivity contribution is -0.150. The van der Waals surface area contributed by atoms with Crippen LogP contribution in [0, 0.1) is 12.7 Å². The molecule has 0 spiro atoms. The zero-order valence-corrected chi connectivity index (χ0v) is 12.2. The molecule has 1 heterocycles. The molecule has 1 unspecified atom stereocenters. The quantitative estimate of drug-likeness (QED) is 0.898. The van der Waals surface area contributed by atoms with Gasteiger partial charge in [0, 0.05) is 6.54 Å². The average Bonchev–Trinajstić information content (AvgIpc) is 2.79. The summed E-state index contributed by atoms with van der Waals surface area (Å²) < 4.78 is 13.3. The van der Waals surface area contributed by atoms with E-state index < -0.39 is 11.5 Å². The summed E-state index contributed by atoms with van der Waals surface area (Å²) >= 11 is 0. The molecule has 0 radical (unpaired) electrons. The van der Waals surface area contributed by atoms with Crippen molar-refractivity contribution in [2.24, 2.45) is 0 Å². The second-order valence-electron chi connectivity index (χ2n) is 5.70. The van der Waals surface area contributed by atoms with Gasteiger partial charge >= 0.3 is 5.97 Å². The number of carbonyl (C=O) groups is 1. The van der Waals surface area contributed by atoms with Crippen LogP contribution in [0.3, 0.4) is 0 Å². The van der Waals surface area contributed by atoms with E-state index in [9.17, 15) is 14.3 Å². The maximum Gasteiger partial charge on any atom is 0.324 e. The molecule has 1 aliphatic heterocycles. The van der Waals surface area contributed by atoms with Gasteiger partial charge in [0.1, 0.15) is 11.4 Å². The first-order valence-electron chi connectivity index (χ1n) is 7.23. The molecule has 1 fully saturated rings. The summed E-state index contributed by atoms with van der Waals surface area (Å²) in [4.78, 5) is 13.8. The van der Waals surface area contributed by atoms with E-state index in [0.717, 1.165) is 24.9 Å². The fourth-order valence-electron chi connectivity index (χ4n) is 3.24. The fraction of sp³-hybridized carbons (Fsp3) is 0.562. The highest BCUT2D eigenvalue weighted by molar-refractivity contribution is 5.79. The number of nitrogens with zero attached hydrogens (tertiary/aromatic N) is 1. The molecule has 110 valence electrons. The van der Waals surface area contributed by atoms with Crippen LogP contribution in [0.2, 0.25) is 0 Å². The van der Waals surface area contributed by atoms with Gasteiger partial charge in [-0.25, -0.2) is 4.39 Å². The molecule has 2 rings (SSSR count). The number of halogens is 1. The third kappa shape index (κ3) is 2.70. The summed E-state index contributed by atoms with van der Waals surface area (Å²) in [5, 5.41) is 9.64. The smallest absolute Gasteiger partial charge is 0.324 e. The summed E-state index contributed by atoms with van der Waals surface area (Å²) in [6.45, 7) is 5.12. The van der Waals surface area contributed by atoms with Gasteiger partial charge < -0.3 is 5.11 Å². The van der Waals surface area contributed by atoms with E-state index >= 15 is 0 Å². The Hall–Kier alpha value is -1.42. The number of carboxylic acid groups (broad SMARTS) is 1. The van der Waals surface area contributed by atoms with Crippen molar-refractivity contribution in [2.45, 2.75) is 51.6 Å². The highest BCUT2D eigenvalue weighted by Crippen LogP contribution is 2.35. The molecule has 0 aliphatic carbocycles. The summed E-state index contributed by atoms with van der Waals surface area (Å²) in [6.07, 6.45) is 3.14. The minimum atomic E-state index is -0.739. The molecular formula is C16H22FNO2. The predicted octanol–water partition coefficient (Wildman–Crippen LogP) is 3.35. The third-order valence-electron chi connectivity index (χ3n) is 4.28. The SMILES string of the molecule is CCCC1(C(=O)O)CCCN1Cc1ccc(F)c(C)c1. The standard InChI is InChI=1S/C16H22FNO2/c1-3-7-16(15(19)20)8-4-9-18(16)11-13-5-6-14(17)12(2)10-13/h5-6,10H,3-4,7-9,11H2,1-2H3,(H,19,20). The molecule has 0 saturated carbocycles. The molecule has 1 N–H and O–H groups in total. The highest BCUT2D eigenvalue weighted by atomic mass is 19.1. The number of hydrogen-bond acceptors (Lipinski definition) is 2. The Balaban J connectivity index is 2.22. The molecule has 20 heavy (non-hydrogen) atoms. The van der Waals surface area contributed by atoms with Gasteiger partial charge in [-0.3, -0.25) is 9.69 Å². The largest absolute Gasteiger partial charge is 0.480 e. The topological polar surface area (TPSA) is 40.5 Å². The van der Waals surface area contributed by atoms with Gasteiger partial charge in [0.2, 0.25) is 0 Å². The van der Waals surface area contributed by atoms with Gasteiger partial charge in [0.15, 0.2) is 0 Å². The molecule has 3 nitrogen and oxygen atoms in total. The molecular weight excluding hydrogens is 257 g/mol. The van der Waals surface area contributed by atoms with Crippen molar-refractivity contribution in [1.29, 1.82) is 0 Å². The van der Waals surface area contributed by atoms with Crippen LogP contribution in [0.5, 0.6) is 0 Å². The van der Waals surface area contributed by atoms with Crippen LogP contribution >= 0.6 is 0 Å². The van der Waals surface area contributed by atoms with Gasteiger partial charge in [-0.05, 0) is 49.9 Å². The predicted molar refractivity (Wildman–Crippen MR) is 76.1 cm³/mol. The molecule has 1 saturated heterocycles. The highest BCUT2D eigenvalue weighted by Gasteiger charge is 2.46. The number of carboxylic acids is 1. The van der Waals surface area contributed by atoms with E-state index in [1.54, 1.807) is 13.0 Å². The number of aryl methyl sites for hydroxylation is 1. The zero-order chi connectivity index (χ0) is 14.8. The summed E-state index contributed by atoms with van der Waals surface area (Å²) in [7, 11) is 0. The van der Waals surface area contributed by atoms with Crippen LogP contribution in [0.25, 0.3) is 0 Å². The number of benzene rings is 1. The second-order valence-corrected chi connectivity index (χ2v) is 5.70. The van der Waals surface area contributed by atoms with Crippen molar-refractivity contribution in [3.05, 3.63) is 35.1 Å². The van der Waals surface area contributed by atoms with E-state index in [1.165, 1.54) is 6.07 Å². The first-order chi connectivity index (χ1) is 9.49. The van der Waals surface area contributed by atoms with E-state index in [1.807, 2.05) is 17.9 Å². The molecule has 1 atom stereocenters. The number of likely N-dealkylation sites (tertiary alicyclic amines) is 1. The fourth-order valence-corrected chi connectivity index (χ4v) is 3.24. The van der Waals surface area contributed by atoms with E-state index in [2.05, 4.69) is 0 Å².